The summed E-state index contributed by atoms with van der Waals surface area (Å²) in [6, 6.07) is 0.779. The largest absolute Gasteiger partial charge is 0.387 e. The molecule has 0 bridgehead atoms. The van der Waals surface area contributed by atoms with Crippen LogP contribution in [0.25, 0.3) is 0 Å². The molecule has 0 aromatic carbocycles. The van der Waals surface area contributed by atoms with Crippen molar-refractivity contribution in [1.82, 2.24) is 15.1 Å². The molecule has 224 valence electrons. The molecule has 6 N–H and O–H groups in total. The number of carbonyl (C=O) groups is 2. The molecule has 8 unspecified atom stereocenters. The van der Waals surface area contributed by atoms with Gasteiger partial charge in [-0.15, -0.1) is 0 Å². The van der Waals surface area contributed by atoms with Gasteiger partial charge < -0.3 is 21.7 Å². The third-order valence-corrected chi connectivity index (χ3v) is 12.2. The Bertz CT molecular complexity index is 928. The maximum atomic E-state index is 13.9. The van der Waals surface area contributed by atoms with Gasteiger partial charge in [0, 0.05) is 49.6 Å². The Labute approximate surface area is 241 Å². The standard InChI is InChI=1S/C32H54N6O2/c33-23-10-12-24(13-11-23)36-31(39)29-17-20-7-8-21(30(34)35)18-28(20)38(29)19-22-9-14-27(26-6-2-1-5-25(22)26)32(40)37-15-3-4-16-37/h20-29H,1-19,33H2,(H3,34,35)(H,36,39). The fourth-order valence-corrected chi connectivity index (χ4v) is 9.98. The summed E-state index contributed by atoms with van der Waals surface area (Å²) in [5.41, 5.74) is 12.2. The SMILES string of the molecule is N=C(N)C1CCC2CC(C(=O)NC3CCC(N)CC3)N(CC3CCC(C(=O)N4CCCC4)C4CCCCC34)C2C1. The molecule has 0 radical (unpaired) electrons. The normalized spacial score (nSPS) is 42.2. The fraction of sp³-hybridized carbons (Fsp3) is 0.906. The number of amidine groups is 1. The predicted molar refractivity (Wildman–Crippen MR) is 157 cm³/mol. The summed E-state index contributed by atoms with van der Waals surface area (Å²) in [5.74, 6) is 3.48. The zero-order chi connectivity index (χ0) is 27.8. The van der Waals surface area contributed by atoms with Crippen LogP contribution in [0.15, 0.2) is 0 Å². The maximum Gasteiger partial charge on any atom is 0.237 e. The minimum absolute atomic E-state index is 0.0812. The molecular weight excluding hydrogens is 500 g/mol. The molecule has 8 nitrogen and oxygen atoms in total. The monoisotopic (exact) mass is 554 g/mol. The molecule has 6 aliphatic rings. The van der Waals surface area contributed by atoms with E-state index in [1.807, 2.05) is 0 Å². The quantitative estimate of drug-likeness (QED) is 0.294. The molecule has 0 spiro atoms. The van der Waals surface area contributed by atoms with Gasteiger partial charge in [0.25, 0.3) is 0 Å². The highest BCUT2D eigenvalue weighted by molar-refractivity contribution is 5.83. The first-order chi connectivity index (χ1) is 19.4. The average molecular weight is 555 g/mol. The van der Waals surface area contributed by atoms with Gasteiger partial charge in [0.05, 0.1) is 11.9 Å². The summed E-state index contributed by atoms with van der Waals surface area (Å²) in [4.78, 5) is 32.2. The molecular formula is C32H54N6O2. The molecule has 0 aromatic rings. The first kappa shape index (κ1) is 28.4. The van der Waals surface area contributed by atoms with Gasteiger partial charge in [-0.3, -0.25) is 19.9 Å². The molecule has 2 amide bonds. The fourth-order valence-electron chi connectivity index (χ4n) is 9.98. The molecule has 4 saturated carbocycles. The number of fused-ring (bicyclic) bond motifs is 2. The summed E-state index contributed by atoms with van der Waals surface area (Å²) in [5, 5.41) is 11.6. The van der Waals surface area contributed by atoms with Crippen LogP contribution in [-0.4, -0.2) is 71.3 Å². The summed E-state index contributed by atoms with van der Waals surface area (Å²) < 4.78 is 0. The predicted octanol–water partition coefficient (Wildman–Crippen LogP) is 3.62. The van der Waals surface area contributed by atoms with Gasteiger partial charge >= 0.3 is 0 Å². The van der Waals surface area contributed by atoms with Gasteiger partial charge in [0.1, 0.15) is 0 Å². The molecule has 2 heterocycles. The summed E-state index contributed by atoms with van der Waals surface area (Å²) in [7, 11) is 0. The molecule has 6 rings (SSSR count). The minimum Gasteiger partial charge on any atom is -0.387 e. The molecule has 4 aliphatic carbocycles. The first-order valence-corrected chi connectivity index (χ1v) is 16.8. The van der Waals surface area contributed by atoms with Crippen molar-refractivity contribution in [3.05, 3.63) is 0 Å². The highest BCUT2D eigenvalue weighted by atomic mass is 16.2. The average Bonchev–Trinajstić information content (AvgIpc) is 3.63. The third-order valence-electron chi connectivity index (χ3n) is 12.2. The van der Waals surface area contributed by atoms with Crippen molar-refractivity contribution < 1.29 is 9.59 Å². The van der Waals surface area contributed by atoms with Crippen LogP contribution >= 0.6 is 0 Å². The Hall–Kier alpha value is -1.67. The number of carbonyl (C=O) groups excluding carboxylic acids is 2. The van der Waals surface area contributed by atoms with Crippen molar-refractivity contribution in [1.29, 1.82) is 5.41 Å². The van der Waals surface area contributed by atoms with E-state index in [-0.39, 0.29) is 35.9 Å². The lowest BCUT2D eigenvalue weighted by Crippen LogP contribution is -2.54. The van der Waals surface area contributed by atoms with E-state index in [1.54, 1.807) is 0 Å². The Morgan fingerprint density at radius 2 is 1.55 bits per heavy atom. The minimum atomic E-state index is -0.0812. The van der Waals surface area contributed by atoms with Gasteiger partial charge in [-0.1, -0.05) is 12.8 Å². The third kappa shape index (κ3) is 5.81. The van der Waals surface area contributed by atoms with Crippen LogP contribution < -0.4 is 16.8 Å². The number of nitrogens with two attached hydrogens (primary N) is 2. The molecule has 2 aliphatic heterocycles. The van der Waals surface area contributed by atoms with E-state index in [0.717, 1.165) is 96.7 Å². The van der Waals surface area contributed by atoms with Crippen LogP contribution in [0.5, 0.6) is 0 Å². The van der Waals surface area contributed by atoms with Crippen LogP contribution in [0.1, 0.15) is 103 Å². The number of hydrogen-bond donors (Lipinski definition) is 4. The van der Waals surface area contributed by atoms with Crippen LogP contribution in [0.3, 0.4) is 0 Å². The Morgan fingerprint density at radius 3 is 2.27 bits per heavy atom. The van der Waals surface area contributed by atoms with Crippen molar-refractivity contribution in [3.63, 3.8) is 0 Å². The first-order valence-electron chi connectivity index (χ1n) is 16.8. The number of hydrogen-bond acceptors (Lipinski definition) is 5. The second-order valence-electron chi connectivity index (χ2n) is 14.4. The second-order valence-corrected chi connectivity index (χ2v) is 14.4. The maximum absolute atomic E-state index is 13.9. The van der Waals surface area contributed by atoms with Gasteiger partial charge in [0.15, 0.2) is 0 Å². The lowest BCUT2D eigenvalue weighted by Gasteiger charge is -2.48. The Balaban J connectivity index is 1.18. The van der Waals surface area contributed by atoms with Gasteiger partial charge in [0.2, 0.25) is 11.8 Å². The van der Waals surface area contributed by atoms with E-state index in [0.29, 0.717) is 41.5 Å². The lowest BCUT2D eigenvalue weighted by molar-refractivity contribution is -0.141. The summed E-state index contributed by atoms with van der Waals surface area (Å²) in [6.45, 7) is 2.87. The molecule has 8 atom stereocenters. The van der Waals surface area contributed by atoms with E-state index >= 15 is 0 Å². The number of nitrogens with zero attached hydrogens (tertiary/aromatic N) is 2. The number of nitrogens with one attached hydrogen (secondary N) is 2. The highest BCUT2D eigenvalue weighted by Gasteiger charge is 2.51. The highest BCUT2D eigenvalue weighted by Crippen LogP contribution is 2.50. The van der Waals surface area contributed by atoms with E-state index in [9.17, 15) is 9.59 Å². The Morgan fingerprint density at radius 1 is 0.825 bits per heavy atom. The number of amides is 2. The summed E-state index contributed by atoms with van der Waals surface area (Å²) in [6.07, 6.45) is 17.2. The molecule has 0 aromatic heterocycles. The smallest absolute Gasteiger partial charge is 0.237 e. The Kier molecular flexibility index (Phi) is 8.74. The van der Waals surface area contributed by atoms with Crippen molar-refractivity contribution in [2.45, 2.75) is 127 Å². The van der Waals surface area contributed by atoms with Crippen LogP contribution in [0.2, 0.25) is 0 Å². The van der Waals surface area contributed by atoms with Crippen molar-refractivity contribution in [2.24, 2.45) is 47.0 Å². The number of rotatable bonds is 6. The van der Waals surface area contributed by atoms with Gasteiger partial charge in [-0.2, -0.15) is 0 Å². The lowest BCUT2D eigenvalue weighted by atomic mass is 9.60. The second kappa shape index (κ2) is 12.3. The van der Waals surface area contributed by atoms with E-state index in [4.69, 9.17) is 16.9 Å². The van der Waals surface area contributed by atoms with Gasteiger partial charge in [-0.05, 0) is 114 Å². The molecule has 40 heavy (non-hydrogen) atoms. The van der Waals surface area contributed by atoms with Crippen molar-refractivity contribution in [2.75, 3.05) is 19.6 Å². The number of likely N-dealkylation sites (tertiary alicyclic amines) is 2. The van der Waals surface area contributed by atoms with Crippen LogP contribution in [0.4, 0.5) is 0 Å². The van der Waals surface area contributed by atoms with E-state index in [1.165, 1.54) is 25.7 Å². The summed E-state index contributed by atoms with van der Waals surface area (Å²) >= 11 is 0. The molecule has 2 saturated heterocycles. The zero-order valence-corrected chi connectivity index (χ0v) is 24.6. The van der Waals surface area contributed by atoms with E-state index < -0.39 is 0 Å². The zero-order valence-electron chi connectivity index (χ0n) is 24.6. The van der Waals surface area contributed by atoms with Crippen molar-refractivity contribution in [3.8, 4) is 0 Å². The van der Waals surface area contributed by atoms with E-state index in [2.05, 4.69) is 15.1 Å². The van der Waals surface area contributed by atoms with Crippen molar-refractivity contribution >= 4 is 17.6 Å². The van der Waals surface area contributed by atoms with Crippen LogP contribution in [0, 0.1) is 40.9 Å². The van der Waals surface area contributed by atoms with Gasteiger partial charge in [-0.25, -0.2) is 0 Å². The van der Waals surface area contributed by atoms with Crippen LogP contribution in [-0.2, 0) is 9.59 Å². The molecule has 6 fully saturated rings. The topological polar surface area (TPSA) is 129 Å². The molecule has 8 heteroatoms.